The summed E-state index contributed by atoms with van der Waals surface area (Å²) < 4.78 is 78.4. The van der Waals surface area contributed by atoms with Gasteiger partial charge < -0.3 is 41.0 Å². The maximum Gasteiger partial charge on any atom is 0.458 e. The van der Waals surface area contributed by atoms with E-state index in [2.05, 4.69) is 47.2 Å². The first-order valence-electron chi connectivity index (χ1n) is 13.7. The first kappa shape index (κ1) is 39.9. The summed E-state index contributed by atoms with van der Waals surface area (Å²) >= 11 is 9.16. The number of ether oxygens (including phenoxy) is 2. The Balaban J connectivity index is 0.000000482. The number of carboxylic acid groups (broad SMARTS) is 1. The number of ketones is 2. The second-order valence-corrected chi connectivity index (χ2v) is 11.4. The molecule has 1 aromatic carbocycles. The lowest BCUT2D eigenvalue weighted by Gasteiger charge is -2.30. The average molecular weight is 806 g/mol. The number of aromatic hydroxyl groups is 1. The number of aromatic nitrogens is 1. The smallest absolute Gasteiger partial charge is 0.458 e. The van der Waals surface area contributed by atoms with Crippen LogP contribution in [0.4, 0.5) is 32.0 Å². The summed E-state index contributed by atoms with van der Waals surface area (Å²) in [6.45, 7) is 1.30. The number of carboxylic acids is 1. The summed E-state index contributed by atoms with van der Waals surface area (Å²) in [5.41, 5.74) is 0.781. The molecule has 3 heterocycles. The number of aliphatic carboxylic acids is 1. The zero-order valence-corrected chi connectivity index (χ0v) is 27.2. The van der Waals surface area contributed by atoms with Gasteiger partial charge in [-0.25, -0.2) is 4.99 Å². The second kappa shape index (κ2) is 16.4. The van der Waals surface area contributed by atoms with Gasteiger partial charge in [0, 0.05) is 16.8 Å². The lowest BCUT2D eigenvalue weighted by Crippen LogP contribution is -2.52. The number of amides is 2. The fourth-order valence-corrected chi connectivity index (χ4v) is 4.94. The first-order valence-corrected chi connectivity index (χ1v) is 14.9. The molecule has 0 unspecified atom stereocenters. The molecule has 2 aromatic rings. The summed E-state index contributed by atoms with van der Waals surface area (Å²) in [7, 11) is 0. The molecule has 0 saturated carbocycles. The zero-order chi connectivity index (χ0) is 37.4. The molecule has 2 aliphatic heterocycles. The molecule has 0 bridgehead atoms. The van der Waals surface area contributed by atoms with Crippen LogP contribution in [0.2, 0.25) is 5.02 Å². The minimum Gasteiger partial charge on any atom is -0.506 e. The van der Waals surface area contributed by atoms with Crippen LogP contribution in [-0.4, -0.2) is 101 Å². The first-order chi connectivity index (χ1) is 23.2. The van der Waals surface area contributed by atoms with E-state index < -0.39 is 66.5 Å². The molecule has 0 aliphatic carbocycles. The third kappa shape index (κ3) is 11.2. The van der Waals surface area contributed by atoms with E-state index in [1.54, 1.807) is 0 Å². The van der Waals surface area contributed by atoms with E-state index in [0.717, 1.165) is 0 Å². The number of phenolic OH excluding ortho intramolecular Hbond substituents is 1. The van der Waals surface area contributed by atoms with Crippen molar-refractivity contribution in [2.45, 2.75) is 30.6 Å². The van der Waals surface area contributed by atoms with Crippen LogP contribution in [0, 0.1) is 0 Å². The minimum absolute atomic E-state index is 0.116. The lowest BCUT2D eigenvalue weighted by atomic mass is 10.0. The molecule has 2 amide bonds. The van der Waals surface area contributed by atoms with Crippen molar-refractivity contribution in [3.05, 3.63) is 51.2 Å². The largest absolute Gasteiger partial charge is 0.506 e. The van der Waals surface area contributed by atoms with E-state index >= 15 is 0 Å². The predicted octanol–water partition coefficient (Wildman–Crippen LogP) is 2.63. The summed E-state index contributed by atoms with van der Waals surface area (Å²) in [5, 5.41) is 30.9. The normalized spacial score (nSPS) is 15.8. The topological polar surface area (TPSA) is 218 Å². The molecule has 1 aromatic heterocycles. The van der Waals surface area contributed by atoms with Crippen molar-refractivity contribution in [3.63, 3.8) is 0 Å². The van der Waals surface area contributed by atoms with Crippen LogP contribution in [0.5, 0.6) is 5.75 Å². The van der Waals surface area contributed by atoms with Gasteiger partial charge in [-0.2, -0.15) is 26.3 Å². The van der Waals surface area contributed by atoms with Gasteiger partial charge in [-0.05, 0) is 34.1 Å². The van der Waals surface area contributed by atoms with Crippen LogP contribution in [-0.2, 0) is 28.7 Å². The van der Waals surface area contributed by atoms with Crippen LogP contribution in [0.1, 0.15) is 28.4 Å². The van der Waals surface area contributed by atoms with Crippen molar-refractivity contribution >= 4 is 68.5 Å². The van der Waals surface area contributed by atoms with Gasteiger partial charge in [0.05, 0.1) is 67.2 Å². The average Bonchev–Trinajstić information content (AvgIpc) is 3.49. The van der Waals surface area contributed by atoms with Crippen LogP contribution in [0.15, 0.2) is 40.1 Å². The van der Waals surface area contributed by atoms with Crippen LogP contribution >= 0.6 is 27.5 Å². The van der Waals surface area contributed by atoms with Gasteiger partial charge in [0.15, 0.2) is 5.96 Å². The summed E-state index contributed by atoms with van der Waals surface area (Å²) in [6, 6.07) is 3.23. The van der Waals surface area contributed by atoms with Gasteiger partial charge in [-0.3, -0.25) is 29.0 Å². The molecule has 15 nitrogen and oxygen atoms in total. The molecule has 2 aliphatic rings. The van der Waals surface area contributed by atoms with Crippen molar-refractivity contribution in [2.75, 3.05) is 38.2 Å². The lowest BCUT2D eigenvalue weighted by molar-refractivity contribution is -0.193. The number of anilines is 1. The van der Waals surface area contributed by atoms with Crippen LogP contribution in [0.3, 0.4) is 0 Å². The molecular formula is C27H24BrClF6N6O9. The molecule has 1 spiro atoms. The number of rotatable bonds is 9. The van der Waals surface area contributed by atoms with E-state index in [-0.39, 0.29) is 26.4 Å². The Morgan fingerprint density at radius 2 is 1.64 bits per heavy atom. The van der Waals surface area contributed by atoms with E-state index in [1.807, 2.05) is 0 Å². The van der Waals surface area contributed by atoms with Crippen molar-refractivity contribution in [3.8, 4) is 5.75 Å². The van der Waals surface area contributed by atoms with E-state index in [9.17, 15) is 60.5 Å². The highest BCUT2D eigenvalue weighted by Gasteiger charge is 2.54. The highest BCUT2D eigenvalue weighted by molar-refractivity contribution is 9.10. The number of aliphatic imine (C=N–C) groups is 1. The molecule has 1 fully saturated rings. The molecule has 0 radical (unpaired) electrons. The van der Waals surface area contributed by atoms with E-state index in [0.29, 0.717) is 38.0 Å². The Bertz CT molecular complexity index is 1650. The number of guanidine groups is 1. The molecule has 23 heteroatoms. The molecule has 50 heavy (non-hydrogen) atoms. The van der Waals surface area contributed by atoms with Gasteiger partial charge in [0.2, 0.25) is 11.7 Å². The van der Waals surface area contributed by atoms with Gasteiger partial charge in [-0.15, -0.1) is 0 Å². The Morgan fingerprint density at radius 3 is 2.18 bits per heavy atom. The quantitative estimate of drug-likeness (QED) is 0.159. The predicted molar refractivity (Wildman–Crippen MR) is 161 cm³/mol. The number of nitrogens with one attached hydrogen (secondary N) is 4. The van der Waals surface area contributed by atoms with E-state index in [1.165, 1.54) is 30.6 Å². The molecule has 1 saturated heterocycles. The Kier molecular flexibility index (Phi) is 13.1. The van der Waals surface area contributed by atoms with Gasteiger partial charge in [0.1, 0.15) is 5.75 Å². The number of carbonyl (C=O) groups excluding carboxylic acids is 4. The fraction of sp³-hybridized carbons (Fsp3) is 0.370. The Hall–Kier alpha value is -4.54. The molecule has 4 rings (SSSR count). The summed E-state index contributed by atoms with van der Waals surface area (Å²) in [6.07, 6.45) is -9.22. The van der Waals surface area contributed by atoms with E-state index in [4.69, 9.17) is 21.1 Å². The van der Waals surface area contributed by atoms with Gasteiger partial charge in [0.25, 0.3) is 5.91 Å². The molecule has 6 N–H and O–H groups in total. The summed E-state index contributed by atoms with van der Waals surface area (Å²) in [5.74, 6) is -9.81. The Morgan fingerprint density at radius 1 is 1.02 bits per heavy atom. The third-order valence-electron chi connectivity index (χ3n) is 6.36. The molecular weight excluding hydrogens is 782 g/mol. The second-order valence-electron chi connectivity index (χ2n) is 10.1. The maximum atomic E-state index is 12.6. The SMILES string of the molecule is O=C(C(=O)C(F)(F)F)C(F)(F)F.O=C(O)C[C@H](NC(=O)CNC(=O)c1cncc(NC2=NCC3(CN2)OCCO3)c1)c1cc(Cl)cc(Br)c1O. The van der Waals surface area contributed by atoms with Crippen molar-refractivity contribution in [1.82, 2.24) is 20.9 Å². The number of Topliss-reactive ketones (excluding diaryl/α,β-unsaturated/α-hetero) is 2. The number of hydrogen-bond donors (Lipinski definition) is 6. The number of halogens is 8. The third-order valence-corrected chi connectivity index (χ3v) is 7.18. The fourth-order valence-electron chi connectivity index (χ4n) is 4.10. The van der Waals surface area contributed by atoms with Crippen LogP contribution < -0.4 is 21.3 Å². The Labute approximate surface area is 289 Å². The number of hydrogen-bond acceptors (Lipinski definition) is 12. The number of carbonyl (C=O) groups is 5. The van der Waals surface area contributed by atoms with Crippen molar-refractivity contribution in [2.24, 2.45) is 4.99 Å². The van der Waals surface area contributed by atoms with Gasteiger partial charge >= 0.3 is 29.9 Å². The molecule has 1 atom stereocenters. The summed E-state index contributed by atoms with van der Waals surface area (Å²) in [4.78, 5) is 64.2. The van der Waals surface area contributed by atoms with Crippen molar-refractivity contribution < 1.29 is 70.0 Å². The zero-order valence-electron chi connectivity index (χ0n) is 24.9. The molecule has 272 valence electrons. The maximum absolute atomic E-state index is 12.6. The number of benzene rings is 1. The highest BCUT2D eigenvalue weighted by Crippen LogP contribution is 2.36. The standard InChI is InChI=1S/C23H24BrClN6O7.C4F6O2/c24-16-5-13(25)4-15(20(16)35)17(6-19(33)34)31-18(32)9-27-21(36)12-3-14(8-26-7-12)30-22-28-10-23(11-29-22)37-1-2-38-23;5-3(6,7)1(11)2(12)4(8,9)10/h3-5,7-8,17,35H,1-2,6,9-11H2,(H,27,36)(H,31,32)(H,33,34)(H2,28,29,30);/t17-;/m0./s1. The van der Waals surface area contributed by atoms with Gasteiger partial charge in [-0.1, -0.05) is 11.6 Å². The highest BCUT2D eigenvalue weighted by atomic mass is 79.9. The van der Waals surface area contributed by atoms with Crippen molar-refractivity contribution in [1.29, 1.82) is 0 Å². The van der Waals surface area contributed by atoms with Crippen LogP contribution in [0.25, 0.3) is 0 Å². The number of alkyl halides is 6. The monoisotopic (exact) mass is 804 g/mol. The minimum atomic E-state index is -5.77. The number of nitrogens with zero attached hydrogens (tertiary/aromatic N) is 2. The number of pyridine rings is 1. The number of phenols is 1.